The fraction of sp³-hybridized carbons (Fsp3) is 0.294. The number of hydrogen-bond donors (Lipinski definition) is 2. The minimum atomic E-state index is -3.86. The lowest BCUT2D eigenvalue weighted by atomic mass is 10.1. The summed E-state index contributed by atoms with van der Waals surface area (Å²) < 4.78 is 55.7. The summed E-state index contributed by atoms with van der Waals surface area (Å²) in [5.41, 5.74) is 0.781. The lowest BCUT2D eigenvalue weighted by molar-refractivity contribution is 0.354. The van der Waals surface area contributed by atoms with Crippen molar-refractivity contribution in [2.24, 2.45) is 5.14 Å². The van der Waals surface area contributed by atoms with Gasteiger partial charge in [0.2, 0.25) is 21.7 Å². The predicted octanol–water partition coefficient (Wildman–Crippen LogP) is 2.90. The van der Waals surface area contributed by atoms with Gasteiger partial charge >= 0.3 is 0 Å². The maximum Gasteiger partial charge on any atom is 0.271 e. The predicted molar refractivity (Wildman–Crippen MR) is 107 cm³/mol. The summed E-state index contributed by atoms with van der Waals surface area (Å²) in [4.78, 5) is 4.32. The van der Waals surface area contributed by atoms with Crippen LogP contribution in [0.15, 0.2) is 49.3 Å². The Kier molecular flexibility index (Phi) is 5.19. The van der Waals surface area contributed by atoms with Gasteiger partial charge in [-0.05, 0) is 43.2 Å². The summed E-state index contributed by atoms with van der Waals surface area (Å²) in [6.45, 7) is 0. The Bertz CT molecular complexity index is 1220. The van der Waals surface area contributed by atoms with Crippen molar-refractivity contribution in [2.45, 2.75) is 40.7 Å². The molecule has 0 bridgehead atoms. The first-order valence-electron chi connectivity index (χ1n) is 8.80. The number of benzene rings is 1. The van der Waals surface area contributed by atoms with E-state index >= 15 is 0 Å². The first kappa shape index (κ1) is 20.0. The SMILES string of the molecule is NS(=O)(=O)c1ccc(NS(=O)(=O)c2cc(-c3noc(C4CCCC4)n3)cs2)cc1. The van der Waals surface area contributed by atoms with Gasteiger partial charge in [0.25, 0.3) is 10.0 Å². The molecular formula is C17H18N4O5S3. The second-order valence-electron chi connectivity index (χ2n) is 6.77. The normalized spacial score (nSPS) is 15.6. The second kappa shape index (κ2) is 7.52. The van der Waals surface area contributed by atoms with E-state index in [1.54, 1.807) is 5.38 Å². The van der Waals surface area contributed by atoms with Crippen LogP contribution < -0.4 is 9.86 Å². The van der Waals surface area contributed by atoms with Crippen LogP contribution in [-0.2, 0) is 20.0 Å². The number of nitrogens with two attached hydrogens (primary N) is 1. The number of hydrogen-bond acceptors (Lipinski definition) is 8. The van der Waals surface area contributed by atoms with Crippen LogP contribution in [0.4, 0.5) is 5.69 Å². The molecule has 3 N–H and O–H groups in total. The largest absolute Gasteiger partial charge is 0.339 e. The van der Waals surface area contributed by atoms with Gasteiger partial charge in [0, 0.05) is 22.5 Å². The molecular weight excluding hydrogens is 436 g/mol. The Balaban J connectivity index is 1.52. The highest BCUT2D eigenvalue weighted by atomic mass is 32.2. The molecule has 2 aromatic heterocycles. The average molecular weight is 455 g/mol. The molecule has 3 aromatic rings. The Labute approximate surface area is 172 Å². The molecule has 0 spiro atoms. The van der Waals surface area contributed by atoms with Crippen LogP contribution in [0.2, 0.25) is 0 Å². The fourth-order valence-electron chi connectivity index (χ4n) is 3.18. The zero-order chi connectivity index (χ0) is 20.6. The van der Waals surface area contributed by atoms with E-state index in [2.05, 4.69) is 14.9 Å². The molecule has 0 atom stereocenters. The molecule has 0 unspecified atom stereocenters. The minimum absolute atomic E-state index is 0.0789. The molecule has 0 saturated heterocycles. The average Bonchev–Trinajstić information content (AvgIpc) is 3.40. The summed E-state index contributed by atoms with van der Waals surface area (Å²) in [5, 5.41) is 10.7. The van der Waals surface area contributed by atoms with Crippen molar-refractivity contribution in [2.75, 3.05) is 4.72 Å². The smallest absolute Gasteiger partial charge is 0.271 e. The van der Waals surface area contributed by atoms with Crippen molar-refractivity contribution in [1.82, 2.24) is 10.1 Å². The highest BCUT2D eigenvalue weighted by molar-refractivity contribution is 7.94. The van der Waals surface area contributed by atoms with Gasteiger partial charge in [-0.2, -0.15) is 4.98 Å². The molecule has 0 aliphatic heterocycles. The lowest BCUT2D eigenvalue weighted by Crippen LogP contribution is -2.13. The summed E-state index contributed by atoms with van der Waals surface area (Å²) in [5.74, 6) is 1.24. The van der Waals surface area contributed by atoms with E-state index in [0.29, 0.717) is 17.3 Å². The topological polar surface area (TPSA) is 145 Å². The maximum atomic E-state index is 12.6. The van der Waals surface area contributed by atoms with E-state index in [-0.39, 0.29) is 20.7 Å². The van der Waals surface area contributed by atoms with E-state index in [0.717, 1.165) is 37.0 Å². The molecule has 0 radical (unpaired) electrons. The van der Waals surface area contributed by atoms with E-state index in [1.807, 2.05) is 0 Å². The first-order valence-corrected chi connectivity index (χ1v) is 12.7. The third-order valence-electron chi connectivity index (χ3n) is 4.68. The van der Waals surface area contributed by atoms with Gasteiger partial charge in [0.05, 0.1) is 4.90 Å². The summed E-state index contributed by atoms with van der Waals surface area (Å²) in [6.07, 6.45) is 4.35. The minimum Gasteiger partial charge on any atom is -0.339 e. The number of nitrogens with one attached hydrogen (secondary N) is 1. The maximum absolute atomic E-state index is 12.6. The van der Waals surface area contributed by atoms with Gasteiger partial charge < -0.3 is 4.52 Å². The number of primary sulfonamides is 1. The van der Waals surface area contributed by atoms with E-state index in [4.69, 9.17) is 9.66 Å². The van der Waals surface area contributed by atoms with Crippen molar-refractivity contribution in [1.29, 1.82) is 0 Å². The van der Waals surface area contributed by atoms with Crippen molar-refractivity contribution in [3.05, 3.63) is 41.6 Å². The van der Waals surface area contributed by atoms with Crippen LogP contribution in [0.25, 0.3) is 11.4 Å². The Morgan fingerprint density at radius 1 is 1.10 bits per heavy atom. The second-order valence-corrected chi connectivity index (χ2v) is 11.1. The molecule has 154 valence electrons. The van der Waals surface area contributed by atoms with Gasteiger partial charge in [-0.3, -0.25) is 4.72 Å². The van der Waals surface area contributed by atoms with Crippen LogP contribution in [0.3, 0.4) is 0 Å². The number of nitrogens with zero attached hydrogens (tertiary/aromatic N) is 2. The van der Waals surface area contributed by atoms with Crippen molar-refractivity contribution >= 4 is 37.1 Å². The number of rotatable bonds is 6. The summed E-state index contributed by atoms with van der Waals surface area (Å²) in [7, 11) is -7.70. The van der Waals surface area contributed by atoms with E-state index in [1.165, 1.54) is 30.3 Å². The van der Waals surface area contributed by atoms with Crippen LogP contribution in [0, 0.1) is 0 Å². The van der Waals surface area contributed by atoms with Gasteiger partial charge in [-0.1, -0.05) is 18.0 Å². The molecule has 0 amide bonds. The van der Waals surface area contributed by atoms with Crippen LogP contribution in [0.5, 0.6) is 0 Å². The van der Waals surface area contributed by atoms with Gasteiger partial charge in [0.1, 0.15) is 4.21 Å². The standard InChI is InChI=1S/C17H18N4O5S3/c18-28(22,23)14-7-5-13(6-8-14)21-29(24,25)15-9-12(10-27-15)16-19-17(26-20-16)11-3-1-2-4-11/h5-11,21H,1-4H2,(H2,18,22,23). The first-order chi connectivity index (χ1) is 13.7. The summed E-state index contributed by atoms with van der Waals surface area (Å²) >= 11 is 1.03. The Morgan fingerprint density at radius 3 is 2.45 bits per heavy atom. The molecule has 29 heavy (non-hydrogen) atoms. The van der Waals surface area contributed by atoms with Crippen molar-refractivity contribution < 1.29 is 21.4 Å². The van der Waals surface area contributed by atoms with Crippen molar-refractivity contribution in [3.8, 4) is 11.4 Å². The summed E-state index contributed by atoms with van der Waals surface area (Å²) in [6, 6.07) is 6.61. The zero-order valence-corrected chi connectivity index (χ0v) is 17.6. The zero-order valence-electron chi connectivity index (χ0n) is 15.1. The van der Waals surface area contributed by atoms with Gasteiger partial charge in [-0.15, -0.1) is 11.3 Å². The molecule has 4 rings (SSSR count). The van der Waals surface area contributed by atoms with Crippen LogP contribution in [-0.4, -0.2) is 27.0 Å². The van der Waals surface area contributed by atoms with Crippen LogP contribution >= 0.6 is 11.3 Å². The Hall–Kier alpha value is -2.28. The molecule has 1 aliphatic carbocycles. The molecule has 9 nitrogen and oxygen atoms in total. The number of sulfonamides is 2. The number of aromatic nitrogens is 2. The molecule has 1 aliphatic rings. The highest BCUT2D eigenvalue weighted by Gasteiger charge is 2.24. The number of anilines is 1. The lowest BCUT2D eigenvalue weighted by Gasteiger charge is -2.06. The highest BCUT2D eigenvalue weighted by Crippen LogP contribution is 2.35. The third kappa shape index (κ3) is 4.34. The fourth-order valence-corrected chi connectivity index (χ4v) is 5.92. The Morgan fingerprint density at radius 2 is 1.79 bits per heavy atom. The van der Waals surface area contributed by atoms with Crippen molar-refractivity contribution in [3.63, 3.8) is 0 Å². The molecule has 2 heterocycles. The monoisotopic (exact) mass is 454 g/mol. The molecule has 1 fully saturated rings. The van der Waals surface area contributed by atoms with E-state index < -0.39 is 20.0 Å². The third-order valence-corrected chi connectivity index (χ3v) is 8.43. The van der Waals surface area contributed by atoms with E-state index in [9.17, 15) is 16.8 Å². The number of thiophene rings is 1. The molecule has 1 saturated carbocycles. The molecule has 1 aromatic carbocycles. The van der Waals surface area contributed by atoms with Crippen LogP contribution in [0.1, 0.15) is 37.5 Å². The quantitative estimate of drug-likeness (QED) is 0.582. The van der Waals surface area contributed by atoms with Gasteiger partial charge in [0.15, 0.2) is 0 Å². The molecule has 12 heteroatoms. The van der Waals surface area contributed by atoms with Gasteiger partial charge in [-0.25, -0.2) is 22.0 Å².